The van der Waals surface area contributed by atoms with E-state index in [0.717, 1.165) is 5.56 Å². The quantitative estimate of drug-likeness (QED) is 0.847. The number of halogens is 2. The molecule has 1 amide bonds. The molecular weight excluding hydrogens is 262 g/mol. The fourth-order valence-electron chi connectivity index (χ4n) is 1.84. The minimum absolute atomic E-state index is 0.0824. The zero-order chi connectivity index (χ0) is 14.7. The highest BCUT2D eigenvalue weighted by Crippen LogP contribution is 2.18. The van der Waals surface area contributed by atoms with Crippen molar-refractivity contribution in [3.05, 3.63) is 65.2 Å². The zero-order valence-electron chi connectivity index (χ0n) is 10.9. The van der Waals surface area contributed by atoms with Crippen LogP contribution in [0.25, 0.3) is 0 Å². The molecule has 20 heavy (non-hydrogen) atoms. The number of anilines is 1. The van der Waals surface area contributed by atoms with Gasteiger partial charge in [0.15, 0.2) is 0 Å². The molecule has 3 nitrogen and oxygen atoms in total. The smallest absolute Gasteiger partial charge is 0.253 e. The van der Waals surface area contributed by atoms with Gasteiger partial charge in [-0.2, -0.15) is 0 Å². The van der Waals surface area contributed by atoms with Gasteiger partial charge in [-0.1, -0.05) is 18.2 Å². The highest BCUT2D eigenvalue weighted by atomic mass is 19.1. The van der Waals surface area contributed by atoms with Crippen LogP contribution in [0.5, 0.6) is 0 Å². The first-order valence-electron chi connectivity index (χ1n) is 6.09. The zero-order valence-corrected chi connectivity index (χ0v) is 10.9. The Labute approximate surface area is 115 Å². The van der Waals surface area contributed by atoms with Gasteiger partial charge >= 0.3 is 0 Å². The summed E-state index contributed by atoms with van der Waals surface area (Å²) in [6.45, 7) is 1.75. The minimum Gasteiger partial charge on any atom is -0.396 e. The summed E-state index contributed by atoms with van der Waals surface area (Å²) in [5, 5.41) is 2.69. The monoisotopic (exact) mass is 276 g/mol. The third-order valence-corrected chi connectivity index (χ3v) is 3.02. The third kappa shape index (κ3) is 2.93. The van der Waals surface area contributed by atoms with E-state index in [0.29, 0.717) is 0 Å². The average Bonchev–Trinajstić information content (AvgIpc) is 2.42. The number of carbonyl (C=O) groups is 1. The van der Waals surface area contributed by atoms with Crippen molar-refractivity contribution in [2.24, 2.45) is 0 Å². The van der Waals surface area contributed by atoms with Crippen molar-refractivity contribution in [1.82, 2.24) is 5.32 Å². The maximum Gasteiger partial charge on any atom is 0.253 e. The predicted octanol–water partition coefficient (Wildman–Crippen LogP) is 3.04. The summed E-state index contributed by atoms with van der Waals surface area (Å²) in [5.74, 6) is -1.45. The van der Waals surface area contributed by atoms with Gasteiger partial charge in [0.05, 0.1) is 17.3 Å². The van der Waals surface area contributed by atoms with Crippen LogP contribution in [0.1, 0.15) is 28.9 Å². The number of amides is 1. The minimum atomic E-state index is -0.632. The molecule has 2 aromatic rings. The largest absolute Gasteiger partial charge is 0.396 e. The van der Waals surface area contributed by atoms with Crippen LogP contribution in [0.2, 0.25) is 0 Å². The number of nitrogens with two attached hydrogens (primary N) is 1. The fourth-order valence-corrected chi connectivity index (χ4v) is 1.84. The predicted molar refractivity (Wildman–Crippen MR) is 73.1 cm³/mol. The molecule has 2 rings (SSSR count). The topological polar surface area (TPSA) is 55.1 Å². The lowest BCUT2D eigenvalue weighted by Gasteiger charge is -2.15. The average molecular weight is 276 g/mol. The summed E-state index contributed by atoms with van der Waals surface area (Å²) < 4.78 is 26.1. The highest BCUT2D eigenvalue weighted by Gasteiger charge is 2.15. The molecule has 0 aliphatic rings. The Balaban J connectivity index is 2.15. The maximum atomic E-state index is 13.3. The van der Waals surface area contributed by atoms with E-state index in [1.807, 2.05) is 0 Å². The van der Waals surface area contributed by atoms with Gasteiger partial charge in [0.2, 0.25) is 0 Å². The van der Waals surface area contributed by atoms with Crippen molar-refractivity contribution >= 4 is 11.6 Å². The van der Waals surface area contributed by atoms with Crippen LogP contribution in [0.4, 0.5) is 14.5 Å². The maximum absolute atomic E-state index is 13.3. The first-order valence-corrected chi connectivity index (χ1v) is 6.09. The molecule has 0 heterocycles. The summed E-state index contributed by atoms with van der Waals surface area (Å²) in [6, 6.07) is 9.50. The number of carbonyl (C=O) groups excluding carboxylic acids is 1. The van der Waals surface area contributed by atoms with E-state index in [-0.39, 0.29) is 23.1 Å². The molecule has 3 N–H and O–H groups in total. The normalized spacial score (nSPS) is 11.9. The van der Waals surface area contributed by atoms with Crippen LogP contribution in [0.15, 0.2) is 42.5 Å². The molecule has 104 valence electrons. The number of nitrogens with one attached hydrogen (secondary N) is 1. The first-order chi connectivity index (χ1) is 9.49. The third-order valence-electron chi connectivity index (χ3n) is 3.02. The standard InChI is InChI=1S/C15H14F2N2O/c1-9(10-5-7-11(16)8-6-10)19-15(20)12-3-2-4-13(17)14(12)18/h2-9H,18H2,1H3,(H,19,20)/t9-/m1/s1. The molecule has 0 aliphatic carbocycles. The number of hydrogen-bond acceptors (Lipinski definition) is 2. The van der Waals surface area contributed by atoms with Crippen molar-refractivity contribution < 1.29 is 13.6 Å². The van der Waals surface area contributed by atoms with E-state index in [9.17, 15) is 13.6 Å². The molecule has 2 aromatic carbocycles. The van der Waals surface area contributed by atoms with Crippen LogP contribution < -0.4 is 11.1 Å². The molecule has 0 aliphatic heterocycles. The number of para-hydroxylation sites is 1. The SMILES string of the molecule is C[C@@H](NC(=O)c1cccc(F)c1N)c1ccc(F)cc1. The molecule has 0 fully saturated rings. The van der Waals surface area contributed by atoms with Crippen LogP contribution in [0.3, 0.4) is 0 Å². The number of nitrogen functional groups attached to an aromatic ring is 1. The van der Waals surface area contributed by atoms with Gasteiger partial charge < -0.3 is 11.1 Å². The van der Waals surface area contributed by atoms with Crippen LogP contribution in [-0.2, 0) is 0 Å². The Kier molecular flexibility index (Phi) is 3.98. The summed E-state index contributed by atoms with van der Waals surface area (Å²) in [7, 11) is 0. The first kappa shape index (κ1) is 14.0. The number of rotatable bonds is 3. The summed E-state index contributed by atoms with van der Waals surface area (Å²) >= 11 is 0. The van der Waals surface area contributed by atoms with Crippen molar-refractivity contribution in [2.75, 3.05) is 5.73 Å². The second-order valence-electron chi connectivity index (χ2n) is 4.45. The molecule has 1 atom stereocenters. The van der Waals surface area contributed by atoms with Crippen molar-refractivity contribution in [3.8, 4) is 0 Å². The van der Waals surface area contributed by atoms with Crippen LogP contribution in [0, 0.1) is 11.6 Å². The van der Waals surface area contributed by atoms with Crippen molar-refractivity contribution in [3.63, 3.8) is 0 Å². The molecule has 0 spiro atoms. The molecule has 0 saturated carbocycles. The lowest BCUT2D eigenvalue weighted by Crippen LogP contribution is -2.27. The van der Waals surface area contributed by atoms with Gasteiger partial charge in [-0.25, -0.2) is 8.78 Å². The molecule has 0 saturated heterocycles. The highest BCUT2D eigenvalue weighted by molar-refractivity contribution is 5.99. The Morgan fingerprint density at radius 1 is 1.15 bits per heavy atom. The molecule has 0 unspecified atom stereocenters. The van der Waals surface area contributed by atoms with Gasteiger partial charge in [-0.15, -0.1) is 0 Å². The lowest BCUT2D eigenvalue weighted by atomic mass is 10.1. The van der Waals surface area contributed by atoms with E-state index in [1.165, 1.54) is 30.3 Å². The van der Waals surface area contributed by atoms with Crippen molar-refractivity contribution in [2.45, 2.75) is 13.0 Å². The summed E-state index contributed by atoms with van der Waals surface area (Å²) in [4.78, 5) is 12.0. The van der Waals surface area contributed by atoms with Gasteiger partial charge in [0, 0.05) is 0 Å². The number of hydrogen-bond donors (Lipinski definition) is 2. The Bertz CT molecular complexity index is 626. The van der Waals surface area contributed by atoms with Gasteiger partial charge in [-0.05, 0) is 36.8 Å². The van der Waals surface area contributed by atoms with Gasteiger partial charge in [0.25, 0.3) is 5.91 Å². The Morgan fingerprint density at radius 3 is 2.45 bits per heavy atom. The Morgan fingerprint density at radius 2 is 1.80 bits per heavy atom. The van der Waals surface area contributed by atoms with Crippen LogP contribution in [-0.4, -0.2) is 5.91 Å². The van der Waals surface area contributed by atoms with E-state index in [1.54, 1.807) is 19.1 Å². The van der Waals surface area contributed by atoms with Gasteiger partial charge in [0.1, 0.15) is 11.6 Å². The molecule has 0 aromatic heterocycles. The number of benzene rings is 2. The fraction of sp³-hybridized carbons (Fsp3) is 0.133. The van der Waals surface area contributed by atoms with E-state index < -0.39 is 11.7 Å². The van der Waals surface area contributed by atoms with E-state index in [4.69, 9.17) is 5.73 Å². The van der Waals surface area contributed by atoms with Gasteiger partial charge in [-0.3, -0.25) is 4.79 Å². The van der Waals surface area contributed by atoms with E-state index in [2.05, 4.69) is 5.32 Å². The molecule has 5 heteroatoms. The molecule has 0 bridgehead atoms. The second kappa shape index (κ2) is 5.69. The molecular formula is C15H14F2N2O. The molecule has 0 radical (unpaired) electrons. The summed E-state index contributed by atoms with van der Waals surface area (Å²) in [5.41, 5.74) is 6.18. The van der Waals surface area contributed by atoms with Crippen molar-refractivity contribution in [1.29, 1.82) is 0 Å². The lowest BCUT2D eigenvalue weighted by molar-refractivity contribution is 0.0940. The Hall–Kier alpha value is -2.43. The van der Waals surface area contributed by atoms with Crippen LogP contribution >= 0.6 is 0 Å². The van der Waals surface area contributed by atoms with E-state index >= 15 is 0 Å². The second-order valence-corrected chi connectivity index (χ2v) is 4.45. The summed E-state index contributed by atoms with van der Waals surface area (Å²) in [6.07, 6.45) is 0.